The van der Waals surface area contributed by atoms with Gasteiger partial charge >= 0.3 is 5.97 Å². The number of carbonyl (C=O) groups is 2. The summed E-state index contributed by atoms with van der Waals surface area (Å²) in [6.45, 7) is 8.32. The van der Waals surface area contributed by atoms with E-state index in [9.17, 15) is 9.59 Å². The first-order chi connectivity index (χ1) is 12.9. The molecule has 27 heavy (non-hydrogen) atoms. The molecule has 1 aromatic heterocycles. The number of nitrogens with one attached hydrogen (secondary N) is 2. The first-order valence-electron chi connectivity index (χ1n) is 9.13. The van der Waals surface area contributed by atoms with E-state index < -0.39 is 0 Å². The van der Waals surface area contributed by atoms with Gasteiger partial charge in [0.1, 0.15) is 11.5 Å². The predicted molar refractivity (Wildman–Crippen MR) is 108 cm³/mol. The summed E-state index contributed by atoms with van der Waals surface area (Å²) in [6, 6.07) is 7.19. The number of ether oxygens (including phenoxy) is 1. The van der Waals surface area contributed by atoms with Gasteiger partial charge in [0.05, 0.1) is 29.6 Å². The Morgan fingerprint density at radius 3 is 2.63 bits per heavy atom. The number of halogens is 1. The molecule has 1 atom stereocenters. The number of anilines is 1. The van der Waals surface area contributed by atoms with Gasteiger partial charge < -0.3 is 15.0 Å². The van der Waals surface area contributed by atoms with Crippen molar-refractivity contribution >= 4 is 39.8 Å². The number of esters is 1. The van der Waals surface area contributed by atoms with E-state index in [4.69, 9.17) is 16.3 Å². The molecule has 144 valence electrons. The molecule has 2 aromatic rings. The maximum absolute atomic E-state index is 12.6. The van der Waals surface area contributed by atoms with E-state index in [1.165, 1.54) is 16.2 Å². The lowest BCUT2D eigenvalue weighted by atomic mass is 10.0. The lowest BCUT2D eigenvalue weighted by Gasteiger charge is -2.27. The summed E-state index contributed by atoms with van der Waals surface area (Å²) in [5.74, 6) is -0.627. The van der Waals surface area contributed by atoms with Crippen LogP contribution in [0.3, 0.4) is 0 Å². The molecule has 2 N–H and O–H groups in total. The molecule has 0 saturated carbocycles. The molecule has 0 saturated heterocycles. The summed E-state index contributed by atoms with van der Waals surface area (Å²) in [5.41, 5.74) is 2.03. The Kier molecular flexibility index (Phi) is 6.19. The smallest absolute Gasteiger partial charge is 0.341 e. The van der Waals surface area contributed by atoms with Gasteiger partial charge in [-0.25, -0.2) is 4.79 Å². The molecular formula is C20H24ClN2O3S+. The largest absolute Gasteiger partial charge is 0.462 e. The van der Waals surface area contributed by atoms with Crippen LogP contribution in [0.5, 0.6) is 0 Å². The second kappa shape index (κ2) is 8.42. The van der Waals surface area contributed by atoms with Crippen LogP contribution in [0.4, 0.5) is 5.00 Å². The number of fused-ring (bicyclic) bond motifs is 1. The fourth-order valence-corrected chi connectivity index (χ4v) is 4.69. The van der Waals surface area contributed by atoms with Gasteiger partial charge in [-0.3, -0.25) is 4.79 Å². The topological polar surface area (TPSA) is 59.8 Å². The number of hydrogen-bond acceptors (Lipinski definition) is 4. The van der Waals surface area contributed by atoms with E-state index >= 15 is 0 Å². The first kappa shape index (κ1) is 19.9. The van der Waals surface area contributed by atoms with Crippen molar-refractivity contribution in [3.8, 4) is 0 Å². The van der Waals surface area contributed by atoms with E-state index in [1.807, 2.05) is 0 Å². The molecule has 0 spiro atoms. The van der Waals surface area contributed by atoms with Crippen LogP contribution in [0.15, 0.2) is 24.3 Å². The number of quaternary nitrogens is 1. The second-order valence-corrected chi connectivity index (χ2v) is 8.42. The highest BCUT2D eigenvalue weighted by molar-refractivity contribution is 7.17. The van der Waals surface area contributed by atoms with Crippen molar-refractivity contribution in [2.24, 2.45) is 0 Å². The minimum Gasteiger partial charge on any atom is -0.462 e. The van der Waals surface area contributed by atoms with Gasteiger partial charge in [-0.2, -0.15) is 0 Å². The Hall–Kier alpha value is -1.89. The van der Waals surface area contributed by atoms with Gasteiger partial charge in [-0.1, -0.05) is 11.6 Å². The van der Waals surface area contributed by atoms with Crippen molar-refractivity contribution in [1.82, 2.24) is 0 Å². The Bertz CT molecular complexity index is 846. The lowest BCUT2D eigenvalue weighted by molar-refractivity contribution is -0.936. The molecule has 0 fully saturated rings. The van der Waals surface area contributed by atoms with Gasteiger partial charge in [0, 0.05) is 17.0 Å². The predicted octanol–water partition coefficient (Wildman–Crippen LogP) is 3.18. The maximum Gasteiger partial charge on any atom is 0.341 e. The molecule has 1 aromatic carbocycles. The van der Waals surface area contributed by atoms with Gasteiger partial charge in [0.2, 0.25) is 0 Å². The minimum atomic E-state index is -0.366. The molecule has 1 aliphatic rings. The van der Waals surface area contributed by atoms with Crippen molar-refractivity contribution < 1.29 is 19.2 Å². The molecular weight excluding hydrogens is 384 g/mol. The second-order valence-electron chi connectivity index (χ2n) is 6.88. The quantitative estimate of drug-likeness (QED) is 0.748. The average Bonchev–Trinajstić information content (AvgIpc) is 2.99. The third-order valence-corrected chi connectivity index (χ3v) is 6.20. The van der Waals surface area contributed by atoms with Gasteiger partial charge in [-0.15, -0.1) is 11.3 Å². The summed E-state index contributed by atoms with van der Waals surface area (Å²) in [6.07, 6.45) is 0.810. The number of hydrogen-bond donors (Lipinski definition) is 2. The molecule has 7 heteroatoms. The maximum atomic E-state index is 12.6. The lowest BCUT2D eigenvalue weighted by Crippen LogP contribution is -3.14. The van der Waals surface area contributed by atoms with Gasteiger partial charge in [-0.05, 0) is 50.6 Å². The highest BCUT2D eigenvalue weighted by Gasteiger charge is 2.32. The van der Waals surface area contributed by atoms with Gasteiger partial charge in [0.25, 0.3) is 5.91 Å². The molecule has 1 aliphatic heterocycles. The summed E-state index contributed by atoms with van der Waals surface area (Å²) in [4.78, 5) is 27.9. The van der Waals surface area contributed by atoms with E-state index in [0.717, 1.165) is 30.0 Å². The Balaban J connectivity index is 1.92. The van der Waals surface area contributed by atoms with Crippen LogP contribution in [0.2, 0.25) is 5.02 Å². The monoisotopic (exact) mass is 407 g/mol. The minimum absolute atomic E-state index is 0.260. The number of benzene rings is 1. The summed E-state index contributed by atoms with van der Waals surface area (Å²) < 4.78 is 5.26. The normalized spacial score (nSPS) is 16.1. The van der Waals surface area contributed by atoms with E-state index in [2.05, 4.69) is 19.2 Å². The van der Waals surface area contributed by atoms with Crippen LogP contribution < -0.4 is 10.2 Å². The first-order valence-corrected chi connectivity index (χ1v) is 10.3. The van der Waals surface area contributed by atoms with Crippen molar-refractivity contribution in [2.45, 2.75) is 39.8 Å². The molecule has 0 bridgehead atoms. The third-order valence-electron chi connectivity index (χ3n) is 4.80. The van der Waals surface area contributed by atoms with Crippen LogP contribution in [0.1, 0.15) is 51.9 Å². The van der Waals surface area contributed by atoms with Gasteiger partial charge in [0.15, 0.2) is 0 Å². The Labute approximate surface area is 168 Å². The highest BCUT2D eigenvalue weighted by atomic mass is 35.5. The van der Waals surface area contributed by atoms with Crippen LogP contribution in [0.25, 0.3) is 0 Å². The molecule has 1 amide bonds. The van der Waals surface area contributed by atoms with E-state index in [1.54, 1.807) is 31.2 Å². The fourth-order valence-electron chi connectivity index (χ4n) is 3.28. The van der Waals surface area contributed by atoms with Crippen molar-refractivity contribution in [2.75, 3.05) is 18.5 Å². The number of carbonyl (C=O) groups excluding carboxylic acids is 2. The molecule has 2 heterocycles. The number of thiophene rings is 1. The molecule has 0 radical (unpaired) electrons. The zero-order valence-electron chi connectivity index (χ0n) is 15.7. The van der Waals surface area contributed by atoms with Crippen LogP contribution in [0, 0.1) is 0 Å². The van der Waals surface area contributed by atoms with E-state index in [-0.39, 0.29) is 11.9 Å². The zero-order chi connectivity index (χ0) is 19.6. The van der Waals surface area contributed by atoms with E-state index in [0.29, 0.717) is 33.8 Å². The van der Waals surface area contributed by atoms with Crippen molar-refractivity contribution in [3.63, 3.8) is 0 Å². The summed E-state index contributed by atoms with van der Waals surface area (Å²) in [5, 5.41) is 4.06. The zero-order valence-corrected chi connectivity index (χ0v) is 17.3. The molecule has 0 aliphatic carbocycles. The SMILES string of the molecule is CCOC(=O)c1c(NC(=O)c2ccc(Cl)cc2)sc2c1CC[NH+](C(C)C)C2. The highest BCUT2D eigenvalue weighted by Crippen LogP contribution is 2.35. The van der Waals surface area contributed by atoms with Crippen molar-refractivity contribution in [1.29, 1.82) is 0 Å². The summed E-state index contributed by atoms with van der Waals surface area (Å²) in [7, 11) is 0. The fraction of sp³-hybridized carbons (Fsp3) is 0.400. The standard InChI is InChI=1S/C20H23ClN2O3S/c1-4-26-20(25)17-15-9-10-23(12(2)3)11-16(15)27-19(17)22-18(24)13-5-7-14(21)8-6-13/h5-8,12H,4,9-11H2,1-3H3,(H,22,24)/p+1. The summed E-state index contributed by atoms with van der Waals surface area (Å²) >= 11 is 7.38. The van der Waals surface area contributed by atoms with Crippen LogP contribution >= 0.6 is 22.9 Å². The Morgan fingerprint density at radius 1 is 1.30 bits per heavy atom. The third kappa shape index (κ3) is 4.34. The number of amides is 1. The molecule has 5 nitrogen and oxygen atoms in total. The van der Waals surface area contributed by atoms with Crippen LogP contribution in [-0.4, -0.2) is 31.1 Å². The van der Waals surface area contributed by atoms with Crippen LogP contribution in [-0.2, 0) is 17.7 Å². The van der Waals surface area contributed by atoms with Crippen molar-refractivity contribution in [3.05, 3.63) is 50.9 Å². The molecule has 3 rings (SSSR count). The molecule has 1 unspecified atom stereocenters. The average molecular weight is 408 g/mol. The Morgan fingerprint density at radius 2 is 2.00 bits per heavy atom. The number of rotatable bonds is 5.